The summed E-state index contributed by atoms with van der Waals surface area (Å²) in [5.41, 5.74) is 4.93. The Kier molecular flexibility index (Phi) is 7.08. The number of hydrogen-bond acceptors (Lipinski definition) is 5. The van der Waals surface area contributed by atoms with Gasteiger partial charge in [-0.1, -0.05) is 54.4 Å². The Hall–Kier alpha value is -3.19. The van der Waals surface area contributed by atoms with Gasteiger partial charge in [-0.3, -0.25) is 9.80 Å². The summed E-state index contributed by atoms with van der Waals surface area (Å²) in [6.45, 7) is 4.16. The number of hydrazone groups is 1. The zero-order chi connectivity index (χ0) is 23.4. The van der Waals surface area contributed by atoms with Crippen molar-refractivity contribution in [3.8, 4) is 0 Å². The van der Waals surface area contributed by atoms with Crippen LogP contribution < -0.4 is 10.3 Å². The summed E-state index contributed by atoms with van der Waals surface area (Å²) in [4.78, 5) is 23.9. The second kappa shape index (κ2) is 10.2. The number of rotatable bonds is 8. The molecule has 174 valence electrons. The van der Waals surface area contributed by atoms with Crippen molar-refractivity contribution >= 4 is 23.3 Å². The van der Waals surface area contributed by atoms with Gasteiger partial charge in [-0.2, -0.15) is 5.10 Å². The monoisotopic (exact) mass is 449 g/mol. The molecule has 3 unspecified atom stereocenters. The summed E-state index contributed by atoms with van der Waals surface area (Å²) < 4.78 is 5.30. The van der Waals surface area contributed by atoms with Crippen LogP contribution in [0.15, 0.2) is 53.6 Å². The molecule has 1 aliphatic carbocycles. The number of carbonyl (C=O) groups excluding carboxylic acids is 1. The number of hydrogen-bond donors (Lipinski definition) is 2. The molecule has 33 heavy (non-hydrogen) atoms. The molecular weight excluding hydrogens is 418 g/mol. The van der Waals surface area contributed by atoms with Gasteiger partial charge >= 0.3 is 5.97 Å². The maximum atomic E-state index is 13.2. The number of aliphatic carboxylic acids is 1. The molecule has 2 aliphatic rings. The van der Waals surface area contributed by atoms with Crippen LogP contribution in [-0.2, 0) is 14.3 Å². The second-order valence-electron chi connectivity index (χ2n) is 8.99. The third-order valence-electron chi connectivity index (χ3n) is 6.49. The third-order valence-corrected chi connectivity index (χ3v) is 6.49. The number of carbonyl (C=O) groups is 2. The van der Waals surface area contributed by atoms with Crippen molar-refractivity contribution in [2.24, 2.45) is 11.0 Å². The maximum absolute atomic E-state index is 13.2. The highest BCUT2D eigenvalue weighted by atomic mass is 16.5. The molecule has 1 saturated carbocycles. The third kappa shape index (κ3) is 5.42. The molecule has 3 atom stereocenters. The largest absolute Gasteiger partial charge is 0.480 e. The summed E-state index contributed by atoms with van der Waals surface area (Å²) in [6.07, 6.45) is 3.29. The van der Waals surface area contributed by atoms with E-state index in [9.17, 15) is 9.59 Å². The number of aryl methyl sites for hydroxylation is 2. The molecule has 4 rings (SSSR count). The normalized spacial score (nSPS) is 22.3. The standard InChI is InChI=1S/C26H31N3O4/c1-17-11-12-23(18(2)13-17)29-24(19-7-4-3-5-8-19)14-22(28-29)26(32)27-21-10-6-9-20(21)15-33-16-25(30)31/h3-5,7-8,11-13,20-21,24H,6,9-10,14-16H2,1-2H3,(H,27,32)(H,30,31). The van der Waals surface area contributed by atoms with Crippen LogP contribution in [0.3, 0.4) is 0 Å². The molecular formula is C26H31N3O4. The number of anilines is 1. The van der Waals surface area contributed by atoms with E-state index in [0.29, 0.717) is 18.7 Å². The van der Waals surface area contributed by atoms with Crippen molar-refractivity contribution in [3.05, 3.63) is 65.2 Å². The van der Waals surface area contributed by atoms with Crippen LogP contribution in [0, 0.1) is 19.8 Å². The fourth-order valence-electron chi connectivity index (χ4n) is 4.84. The van der Waals surface area contributed by atoms with Crippen molar-refractivity contribution in [2.45, 2.75) is 51.6 Å². The Morgan fingerprint density at radius 2 is 1.94 bits per heavy atom. The van der Waals surface area contributed by atoms with Gasteiger partial charge in [0.25, 0.3) is 5.91 Å². The van der Waals surface area contributed by atoms with E-state index in [-0.39, 0.29) is 30.5 Å². The minimum absolute atomic E-state index is 0.0284. The quantitative estimate of drug-likeness (QED) is 0.636. The smallest absolute Gasteiger partial charge is 0.329 e. The van der Waals surface area contributed by atoms with E-state index in [1.54, 1.807) is 0 Å². The van der Waals surface area contributed by atoms with E-state index >= 15 is 0 Å². The van der Waals surface area contributed by atoms with Gasteiger partial charge in [0.05, 0.1) is 18.3 Å². The fourth-order valence-corrected chi connectivity index (χ4v) is 4.84. The zero-order valence-electron chi connectivity index (χ0n) is 19.2. The van der Waals surface area contributed by atoms with Gasteiger partial charge in [0.2, 0.25) is 0 Å². The van der Waals surface area contributed by atoms with E-state index in [1.807, 2.05) is 23.2 Å². The number of benzene rings is 2. The first-order valence-corrected chi connectivity index (χ1v) is 11.5. The lowest BCUT2D eigenvalue weighted by Gasteiger charge is -2.25. The van der Waals surface area contributed by atoms with Crippen LogP contribution in [0.5, 0.6) is 0 Å². The molecule has 0 bridgehead atoms. The van der Waals surface area contributed by atoms with E-state index in [2.05, 4.69) is 49.5 Å². The van der Waals surface area contributed by atoms with Crippen molar-refractivity contribution in [1.82, 2.24) is 5.32 Å². The lowest BCUT2D eigenvalue weighted by Crippen LogP contribution is -2.42. The lowest BCUT2D eigenvalue weighted by atomic mass is 9.99. The van der Waals surface area contributed by atoms with Gasteiger partial charge in [0.1, 0.15) is 12.3 Å². The van der Waals surface area contributed by atoms with Crippen molar-refractivity contribution in [2.75, 3.05) is 18.2 Å². The molecule has 0 saturated heterocycles. The number of nitrogens with one attached hydrogen (secondary N) is 1. The molecule has 0 aromatic heterocycles. The summed E-state index contributed by atoms with van der Waals surface area (Å²) >= 11 is 0. The first-order valence-electron chi connectivity index (χ1n) is 11.5. The van der Waals surface area contributed by atoms with Crippen LogP contribution in [-0.4, -0.2) is 42.0 Å². The molecule has 2 aromatic rings. The zero-order valence-corrected chi connectivity index (χ0v) is 19.2. The van der Waals surface area contributed by atoms with Crippen LogP contribution in [0.4, 0.5) is 5.69 Å². The predicted molar refractivity (Wildman–Crippen MR) is 127 cm³/mol. The second-order valence-corrected chi connectivity index (χ2v) is 8.99. The van der Waals surface area contributed by atoms with Gasteiger partial charge in [0.15, 0.2) is 0 Å². The SMILES string of the molecule is Cc1ccc(N2N=C(C(=O)NC3CCCC3COCC(=O)O)CC2c2ccccc2)c(C)c1. The summed E-state index contributed by atoms with van der Waals surface area (Å²) in [7, 11) is 0. The number of amides is 1. The van der Waals surface area contributed by atoms with Gasteiger partial charge in [-0.05, 0) is 43.9 Å². The number of carboxylic acid groups (broad SMARTS) is 1. The van der Waals surface area contributed by atoms with Crippen LogP contribution in [0.25, 0.3) is 0 Å². The molecule has 0 radical (unpaired) electrons. The Bertz CT molecular complexity index is 1040. The number of carboxylic acids is 1. The summed E-state index contributed by atoms with van der Waals surface area (Å²) in [6, 6.07) is 16.3. The fraction of sp³-hybridized carbons (Fsp3) is 0.423. The van der Waals surface area contributed by atoms with Crippen molar-refractivity contribution < 1.29 is 19.4 Å². The van der Waals surface area contributed by atoms with Gasteiger partial charge in [0, 0.05) is 18.4 Å². The molecule has 2 N–H and O–H groups in total. The van der Waals surface area contributed by atoms with E-state index in [0.717, 1.165) is 36.1 Å². The van der Waals surface area contributed by atoms with Crippen LogP contribution in [0.2, 0.25) is 0 Å². The highest BCUT2D eigenvalue weighted by Gasteiger charge is 2.35. The first-order chi connectivity index (χ1) is 15.9. The predicted octanol–water partition coefficient (Wildman–Crippen LogP) is 4.00. The van der Waals surface area contributed by atoms with Gasteiger partial charge < -0.3 is 15.2 Å². The first kappa shape index (κ1) is 23.0. The average Bonchev–Trinajstić information content (AvgIpc) is 3.41. The van der Waals surface area contributed by atoms with Crippen LogP contribution in [0.1, 0.15) is 48.4 Å². The molecule has 1 heterocycles. The van der Waals surface area contributed by atoms with Gasteiger partial charge in [-0.25, -0.2) is 4.79 Å². The molecule has 7 heteroatoms. The number of ether oxygens (including phenoxy) is 1. The molecule has 0 spiro atoms. The minimum Gasteiger partial charge on any atom is -0.480 e. The molecule has 1 aliphatic heterocycles. The molecule has 7 nitrogen and oxygen atoms in total. The average molecular weight is 450 g/mol. The number of nitrogens with zero attached hydrogens (tertiary/aromatic N) is 2. The summed E-state index contributed by atoms with van der Waals surface area (Å²) in [5, 5.41) is 18.7. The Balaban J connectivity index is 1.51. The molecule has 2 aromatic carbocycles. The molecule has 1 fully saturated rings. The van der Waals surface area contributed by atoms with E-state index in [4.69, 9.17) is 14.9 Å². The maximum Gasteiger partial charge on any atom is 0.329 e. The van der Waals surface area contributed by atoms with Crippen molar-refractivity contribution in [3.63, 3.8) is 0 Å². The van der Waals surface area contributed by atoms with E-state index < -0.39 is 5.97 Å². The highest BCUT2D eigenvalue weighted by Crippen LogP contribution is 2.37. The topological polar surface area (TPSA) is 91.2 Å². The Morgan fingerprint density at radius 3 is 2.67 bits per heavy atom. The lowest BCUT2D eigenvalue weighted by molar-refractivity contribution is -0.142. The van der Waals surface area contributed by atoms with Crippen molar-refractivity contribution in [1.29, 1.82) is 0 Å². The van der Waals surface area contributed by atoms with E-state index in [1.165, 1.54) is 5.56 Å². The summed E-state index contributed by atoms with van der Waals surface area (Å²) in [5.74, 6) is -1.01. The minimum atomic E-state index is -0.979. The highest BCUT2D eigenvalue weighted by molar-refractivity contribution is 6.39. The Morgan fingerprint density at radius 1 is 1.15 bits per heavy atom. The molecule has 1 amide bonds. The van der Waals surface area contributed by atoms with Gasteiger partial charge in [-0.15, -0.1) is 0 Å². The van der Waals surface area contributed by atoms with Crippen LogP contribution >= 0.6 is 0 Å². The Labute approximate surface area is 194 Å².